The number of hydrogen-bond acceptors (Lipinski definition) is 4. The van der Waals surface area contributed by atoms with Crippen LogP contribution in [0, 0.1) is 0 Å². The lowest BCUT2D eigenvalue weighted by Gasteiger charge is -2.07. The summed E-state index contributed by atoms with van der Waals surface area (Å²) in [5.41, 5.74) is 0.241. The van der Waals surface area contributed by atoms with E-state index in [-0.39, 0.29) is 12.2 Å². The molecule has 1 N–H and O–H groups in total. The Morgan fingerprint density at radius 1 is 1.50 bits per heavy atom. The zero-order chi connectivity index (χ0) is 9.72. The Labute approximate surface area is 70.8 Å². The molecule has 0 heterocycles. The highest BCUT2D eigenvalue weighted by atomic mass is 16.5. The van der Waals surface area contributed by atoms with E-state index in [1.807, 2.05) is 0 Å². The normalized spacial score (nSPS) is 11.9. The number of rotatable bonds is 4. The van der Waals surface area contributed by atoms with E-state index in [1.54, 1.807) is 0 Å². The van der Waals surface area contributed by atoms with Crippen LogP contribution in [0.1, 0.15) is 13.8 Å². The fourth-order valence-electron chi connectivity index (χ4n) is 0.395. The molecule has 0 fully saturated rings. The summed E-state index contributed by atoms with van der Waals surface area (Å²) in [4.78, 5) is 21.2. The molecule has 68 valence electrons. The lowest BCUT2D eigenvalue weighted by atomic mass is 10.3. The second-order valence-electron chi connectivity index (χ2n) is 2.51. The molecule has 0 saturated heterocycles. The monoisotopic (exact) mass is 172 g/mol. The number of aliphatic hydroxyl groups excluding tert-OH is 1. The second kappa shape index (κ2) is 4.66. The Hall–Kier alpha value is -1.16. The summed E-state index contributed by atoms with van der Waals surface area (Å²) >= 11 is 0. The third-order valence-corrected chi connectivity index (χ3v) is 1.19. The van der Waals surface area contributed by atoms with Gasteiger partial charge < -0.3 is 9.84 Å². The van der Waals surface area contributed by atoms with E-state index in [0.717, 1.165) is 0 Å². The van der Waals surface area contributed by atoms with Gasteiger partial charge in [-0.3, -0.25) is 4.79 Å². The van der Waals surface area contributed by atoms with Crippen LogP contribution in [0.15, 0.2) is 12.2 Å². The summed E-state index contributed by atoms with van der Waals surface area (Å²) in [5.74, 6) is -1.03. The lowest BCUT2D eigenvalue weighted by Crippen LogP contribution is -2.25. The maximum atomic E-state index is 10.7. The highest BCUT2D eigenvalue weighted by Gasteiger charge is 2.12. The first-order valence-electron chi connectivity index (χ1n) is 3.46. The molecule has 12 heavy (non-hydrogen) atoms. The van der Waals surface area contributed by atoms with Gasteiger partial charge in [0, 0.05) is 5.57 Å². The molecule has 1 atom stereocenters. The largest absolute Gasteiger partial charge is 0.459 e. The SMILES string of the molecule is C=C(C)C(=O)OCC(O)C(C)=O. The van der Waals surface area contributed by atoms with Crippen LogP contribution in [-0.2, 0) is 14.3 Å². The molecule has 0 spiro atoms. The number of Topliss-reactive ketones (excluding diaryl/α,β-unsaturated/α-hetero) is 1. The van der Waals surface area contributed by atoms with Crippen LogP contribution in [0.3, 0.4) is 0 Å². The number of esters is 1. The molecule has 0 aliphatic rings. The summed E-state index contributed by atoms with van der Waals surface area (Å²) in [7, 11) is 0. The molecule has 0 aliphatic heterocycles. The van der Waals surface area contributed by atoms with E-state index in [0.29, 0.717) is 0 Å². The van der Waals surface area contributed by atoms with Crippen LogP contribution in [-0.4, -0.2) is 29.6 Å². The molecule has 0 aromatic rings. The van der Waals surface area contributed by atoms with E-state index < -0.39 is 17.9 Å². The second-order valence-corrected chi connectivity index (χ2v) is 2.51. The van der Waals surface area contributed by atoms with Crippen molar-refractivity contribution in [3.8, 4) is 0 Å². The van der Waals surface area contributed by atoms with Crippen molar-refractivity contribution in [3.63, 3.8) is 0 Å². The van der Waals surface area contributed by atoms with Crippen LogP contribution in [0.25, 0.3) is 0 Å². The maximum absolute atomic E-state index is 10.7. The maximum Gasteiger partial charge on any atom is 0.333 e. The van der Waals surface area contributed by atoms with Crippen molar-refractivity contribution in [1.82, 2.24) is 0 Å². The van der Waals surface area contributed by atoms with Gasteiger partial charge in [-0.25, -0.2) is 4.79 Å². The lowest BCUT2D eigenvalue weighted by molar-refractivity contribution is -0.144. The minimum Gasteiger partial charge on any atom is -0.459 e. The molecule has 0 amide bonds. The van der Waals surface area contributed by atoms with Crippen molar-refractivity contribution in [2.75, 3.05) is 6.61 Å². The van der Waals surface area contributed by atoms with Crippen molar-refractivity contribution in [3.05, 3.63) is 12.2 Å². The Morgan fingerprint density at radius 2 is 2.00 bits per heavy atom. The fourth-order valence-corrected chi connectivity index (χ4v) is 0.395. The summed E-state index contributed by atoms with van der Waals surface area (Å²) in [6, 6.07) is 0. The third kappa shape index (κ3) is 3.88. The molecular weight excluding hydrogens is 160 g/mol. The summed E-state index contributed by atoms with van der Waals surface area (Å²) in [5, 5.41) is 8.90. The zero-order valence-electron chi connectivity index (χ0n) is 7.16. The van der Waals surface area contributed by atoms with Crippen molar-refractivity contribution >= 4 is 11.8 Å². The first-order chi connectivity index (χ1) is 5.45. The standard InChI is InChI=1S/C8H12O4/c1-5(2)8(11)12-4-7(10)6(3)9/h7,10H,1,4H2,2-3H3. The molecule has 4 nitrogen and oxygen atoms in total. The van der Waals surface area contributed by atoms with Crippen LogP contribution >= 0.6 is 0 Å². The van der Waals surface area contributed by atoms with Gasteiger partial charge >= 0.3 is 5.97 Å². The topological polar surface area (TPSA) is 63.6 Å². The van der Waals surface area contributed by atoms with E-state index in [2.05, 4.69) is 11.3 Å². The molecular formula is C8H12O4. The van der Waals surface area contributed by atoms with Gasteiger partial charge in [0.1, 0.15) is 12.7 Å². The van der Waals surface area contributed by atoms with E-state index in [1.165, 1.54) is 13.8 Å². The van der Waals surface area contributed by atoms with Crippen molar-refractivity contribution in [2.24, 2.45) is 0 Å². The van der Waals surface area contributed by atoms with Gasteiger partial charge in [0.25, 0.3) is 0 Å². The molecule has 0 aliphatic carbocycles. The van der Waals surface area contributed by atoms with E-state index in [4.69, 9.17) is 5.11 Å². The quantitative estimate of drug-likeness (QED) is 0.481. The number of ether oxygens (including phenoxy) is 1. The predicted molar refractivity (Wildman–Crippen MR) is 42.5 cm³/mol. The van der Waals surface area contributed by atoms with Crippen molar-refractivity contribution < 1.29 is 19.4 Å². The highest BCUT2D eigenvalue weighted by molar-refractivity contribution is 5.87. The third-order valence-electron chi connectivity index (χ3n) is 1.19. The number of aliphatic hydroxyl groups is 1. The first-order valence-corrected chi connectivity index (χ1v) is 3.46. The molecule has 4 heteroatoms. The molecule has 0 bridgehead atoms. The molecule has 0 saturated carbocycles. The van der Waals surface area contributed by atoms with Gasteiger partial charge in [-0.1, -0.05) is 6.58 Å². The zero-order valence-corrected chi connectivity index (χ0v) is 7.16. The van der Waals surface area contributed by atoms with E-state index >= 15 is 0 Å². The van der Waals surface area contributed by atoms with Crippen LogP contribution in [0.5, 0.6) is 0 Å². The van der Waals surface area contributed by atoms with Gasteiger partial charge in [-0.15, -0.1) is 0 Å². The van der Waals surface area contributed by atoms with Gasteiger partial charge in [0.15, 0.2) is 5.78 Å². The number of carbonyl (C=O) groups excluding carboxylic acids is 2. The van der Waals surface area contributed by atoms with Crippen molar-refractivity contribution in [2.45, 2.75) is 20.0 Å². The smallest absolute Gasteiger partial charge is 0.333 e. The number of carbonyl (C=O) groups is 2. The summed E-state index contributed by atoms with van der Waals surface area (Å²) in [6.07, 6.45) is -1.23. The van der Waals surface area contributed by atoms with Crippen LogP contribution in [0.4, 0.5) is 0 Å². The Morgan fingerprint density at radius 3 is 2.33 bits per heavy atom. The fraction of sp³-hybridized carbons (Fsp3) is 0.500. The van der Waals surface area contributed by atoms with Gasteiger partial charge in [-0.05, 0) is 13.8 Å². The summed E-state index contributed by atoms with van der Waals surface area (Å²) < 4.78 is 4.52. The first kappa shape index (κ1) is 10.8. The average Bonchev–Trinajstić information content (AvgIpc) is 1.98. The molecule has 0 rings (SSSR count). The highest BCUT2D eigenvalue weighted by Crippen LogP contribution is 1.94. The number of hydrogen-bond donors (Lipinski definition) is 1. The predicted octanol–water partition coefficient (Wildman–Crippen LogP) is 0.0556. The Bertz CT molecular complexity index is 207. The summed E-state index contributed by atoms with van der Waals surface area (Å²) in [6.45, 7) is 5.74. The molecule has 0 aromatic carbocycles. The minimum absolute atomic E-state index is 0.241. The number of ketones is 1. The molecule has 1 unspecified atom stereocenters. The Kier molecular flexibility index (Phi) is 4.21. The van der Waals surface area contributed by atoms with Crippen LogP contribution in [0.2, 0.25) is 0 Å². The van der Waals surface area contributed by atoms with Gasteiger partial charge in [0.2, 0.25) is 0 Å². The van der Waals surface area contributed by atoms with Gasteiger partial charge in [-0.2, -0.15) is 0 Å². The molecule has 0 aromatic heterocycles. The van der Waals surface area contributed by atoms with Crippen LogP contribution < -0.4 is 0 Å². The van der Waals surface area contributed by atoms with Crippen molar-refractivity contribution in [1.29, 1.82) is 0 Å². The van der Waals surface area contributed by atoms with Gasteiger partial charge in [0.05, 0.1) is 0 Å². The minimum atomic E-state index is -1.23. The molecule has 0 radical (unpaired) electrons. The van der Waals surface area contributed by atoms with E-state index in [9.17, 15) is 9.59 Å². The Balaban J connectivity index is 3.76. The average molecular weight is 172 g/mol.